The Hall–Kier alpha value is -2.95. The summed E-state index contributed by atoms with van der Waals surface area (Å²) in [5.74, 6) is -0.942. The maximum absolute atomic E-state index is 12.1. The summed E-state index contributed by atoms with van der Waals surface area (Å²) >= 11 is 0. The molecule has 1 N–H and O–H groups in total. The van der Waals surface area contributed by atoms with Gasteiger partial charge in [-0.05, 0) is 61.4 Å². The Morgan fingerprint density at radius 3 is 2.48 bits per heavy atom. The molecule has 0 radical (unpaired) electrons. The van der Waals surface area contributed by atoms with Gasteiger partial charge in [-0.3, -0.25) is 9.59 Å². The third kappa shape index (κ3) is 4.82. The molecule has 1 atom stereocenters. The molecule has 0 spiro atoms. The predicted molar refractivity (Wildman–Crippen MR) is 102 cm³/mol. The number of aryl methyl sites for hydroxylation is 2. The van der Waals surface area contributed by atoms with E-state index >= 15 is 0 Å². The largest absolute Gasteiger partial charge is 0.452 e. The molecular formula is C22H23NO4. The van der Waals surface area contributed by atoms with Gasteiger partial charge < -0.3 is 10.1 Å². The fourth-order valence-corrected chi connectivity index (χ4v) is 3.30. The molecule has 1 unspecified atom stereocenters. The normalized spacial score (nSPS) is 14.0. The van der Waals surface area contributed by atoms with Crippen molar-refractivity contribution in [1.29, 1.82) is 0 Å². The van der Waals surface area contributed by atoms with Crippen molar-refractivity contribution in [1.82, 2.24) is 5.32 Å². The van der Waals surface area contributed by atoms with Gasteiger partial charge in [0.2, 0.25) is 0 Å². The van der Waals surface area contributed by atoms with E-state index in [0.29, 0.717) is 17.4 Å². The number of carbonyl (C=O) groups excluding carboxylic acids is 3. The van der Waals surface area contributed by atoms with Crippen LogP contribution in [0.4, 0.5) is 0 Å². The minimum atomic E-state index is -0.593. The Morgan fingerprint density at radius 1 is 1.07 bits per heavy atom. The quantitative estimate of drug-likeness (QED) is 0.629. The second kappa shape index (κ2) is 8.62. The Kier molecular flexibility index (Phi) is 6.01. The minimum Gasteiger partial charge on any atom is -0.452 e. The molecule has 0 saturated carbocycles. The van der Waals surface area contributed by atoms with Gasteiger partial charge in [-0.15, -0.1) is 0 Å². The Labute approximate surface area is 158 Å². The monoisotopic (exact) mass is 365 g/mol. The lowest BCUT2D eigenvalue weighted by Crippen LogP contribution is -2.31. The standard InChI is InChI=1S/C22H23NO4/c1-15(19-11-10-17-4-2-3-5-20(17)12-19)23-21(25)14-27-22(26)18-8-6-16(13-24)7-9-18/h6-13,15H,2-5,14H2,1H3,(H,23,25). The van der Waals surface area contributed by atoms with E-state index in [1.165, 1.54) is 48.2 Å². The zero-order valence-electron chi connectivity index (χ0n) is 15.4. The number of hydrogen-bond acceptors (Lipinski definition) is 4. The molecule has 1 aliphatic rings. The molecule has 1 amide bonds. The van der Waals surface area contributed by atoms with Gasteiger partial charge in [-0.1, -0.05) is 30.3 Å². The maximum Gasteiger partial charge on any atom is 0.338 e. The van der Waals surface area contributed by atoms with Crippen LogP contribution in [-0.4, -0.2) is 24.8 Å². The SMILES string of the molecule is CC(NC(=O)COC(=O)c1ccc(C=O)cc1)c1ccc2c(c1)CCCC2. The summed E-state index contributed by atoms with van der Waals surface area (Å²) < 4.78 is 5.05. The second-order valence-corrected chi connectivity index (χ2v) is 6.84. The molecule has 0 bridgehead atoms. The second-order valence-electron chi connectivity index (χ2n) is 6.84. The maximum atomic E-state index is 12.1. The summed E-state index contributed by atoms with van der Waals surface area (Å²) in [7, 11) is 0. The van der Waals surface area contributed by atoms with E-state index in [9.17, 15) is 14.4 Å². The van der Waals surface area contributed by atoms with Crippen LogP contribution in [0.1, 0.15) is 63.2 Å². The molecule has 1 aliphatic carbocycles. The lowest BCUT2D eigenvalue weighted by Gasteiger charge is -2.20. The number of benzene rings is 2. The number of aldehydes is 1. The lowest BCUT2D eigenvalue weighted by molar-refractivity contribution is -0.124. The molecule has 5 nitrogen and oxygen atoms in total. The van der Waals surface area contributed by atoms with Crippen molar-refractivity contribution in [2.24, 2.45) is 0 Å². The van der Waals surface area contributed by atoms with E-state index in [1.807, 2.05) is 6.92 Å². The van der Waals surface area contributed by atoms with Crippen LogP contribution >= 0.6 is 0 Å². The highest BCUT2D eigenvalue weighted by atomic mass is 16.5. The highest BCUT2D eigenvalue weighted by molar-refractivity contribution is 5.92. The molecule has 27 heavy (non-hydrogen) atoms. The van der Waals surface area contributed by atoms with Crippen molar-refractivity contribution in [2.75, 3.05) is 6.61 Å². The minimum absolute atomic E-state index is 0.157. The third-order valence-electron chi connectivity index (χ3n) is 4.87. The molecule has 2 aromatic carbocycles. The van der Waals surface area contributed by atoms with Crippen molar-refractivity contribution >= 4 is 18.2 Å². The smallest absolute Gasteiger partial charge is 0.338 e. The topological polar surface area (TPSA) is 72.5 Å². The van der Waals surface area contributed by atoms with Gasteiger partial charge in [-0.25, -0.2) is 4.79 Å². The Balaban J connectivity index is 1.52. The molecule has 0 fully saturated rings. The van der Waals surface area contributed by atoms with Gasteiger partial charge in [0.25, 0.3) is 5.91 Å². The van der Waals surface area contributed by atoms with Crippen molar-refractivity contribution in [2.45, 2.75) is 38.6 Å². The van der Waals surface area contributed by atoms with Crippen LogP contribution in [0.5, 0.6) is 0 Å². The third-order valence-corrected chi connectivity index (χ3v) is 4.87. The highest BCUT2D eigenvalue weighted by Crippen LogP contribution is 2.24. The van der Waals surface area contributed by atoms with Crippen molar-refractivity contribution < 1.29 is 19.1 Å². The lowest BCUT2D eigenvalue weighted by atomic mass is 9.89. The average Bonchev–Trinajstić information content (AvgIpc) is 2.71. The van der Waals surface area contributed by atoms with Crippen molar-refractivity contribution in [3.63, 3.8) is 0 Å². The molecule has 0 aromatic heterocycles. The Morgan fingerprint density at radius 2 is 1.78 bits per heavy atom. The zero-order valence-corrected chi connectivity index (χ0v) is 15.4. The molecule has 0 aliphatic heterocycles. The summed E-state index contributed by atoms with van der Waals surface area (Å²) in [6.07, 6.45) is 5.36. The number of hydrogen-bond donors (Lipinski definition) is 1. The first-order valence-corrected chi connectivity index (χ1v) is 9.20. The number of fused-ring (bicyclic) bond motifs is 1. The van der Waals surface area contributed by atoms with Crippen LogP contribution in [0.25, 0.3) is 0 Å². The number of nitrogens with one attached hydrogen (secondary N) is 1. The van der Waals surface area contributed by atoms with Crippen molar-refractivity contribution in [3.8, 4) is 0 Å². The van der Waals surface area contributed by atoms with Crippen LogP contribution in [0.2, 0.25) is 0 Å². The number of rotatable bonds is 6. The summed E-state index contributed by atoms with van der Waals surface area (Å²) in [6.45, 7) is 1.58. The summed E-state index contributed by atoms with van der Waals surface area (Å²) in [6, 6.07) is 12.3. The van der Waals surface area contributed by atoms with Crippen LogP contribution in [-0.2, 0) is 22.4 Å². The van der Waals surface area contributed by atoms with E-state index in [0.717, 1.165) is 18.4 Å². The molecule has 140 valence electrons. The number of amides is 1. The van der Waals surface area contributed by atoms with Crippen LogP contribution in [0.3, 0.4) is 0 Å². The molecule has 5 heteroatoms. The average molecular weight is 365 g/mol. The summed E-state index contributed by atoms with van der Waals surface area (Å²) in [5.41, 5.74) is 4.60. The highest BCUT2D eigenvalue weighted by Gasteiger charge is 2.15. The van der Waals surface area contributed by atoms with Gasteiger partial charge in [-0.2, -0.15) is 0 Å². The first-order valence-electron chi connectivity index (χ1n) is 9.20. The van der Waals surface area contributed by atoms with E-state index in [2.05, 4.69) is 23.5 Å². The van der Waals surface area contributed by atoms with Crippen molar-refractivity contribution in [3.05, 3.63) is 70.3 Å². The Bertz CT molecular complexity index is 842. The van der Waals surface area contributed by atoms with Gasteiger partial charge in [0.1, 0.15) is 6.29 Å². The van der Waals surface area contributed by atoms with E-state index in [1.54, 1.807) is 0 Å². The van der Waals surface area contributed by atoms with E-state index < -0.39 is 5.97 Å². The number of ether oxygens (including phenoxy) is 1. The van der Waals surface area contributed by atoms with E-state index in [-0.39, 0.29) is 18.6 Å². The molecular weight excluding hydrogens is 342 g/mol. The molecule has 3 rings (SSSR count). The molecule has 2 aromatic rings. The van der Waals surface area contributed by atoms with E-state index in [4.69, 9.17) is 4.74 Å². The number of carbonyl (C=O) groups is 3. The zero-order chi connectivity index (χ0) is 19.2. The predicted octanol–water partition coefficient (Wildman–Crippen LogP) is 3.41. The summed E-state index contributed by atoms with van der Waals surface area (Å²) in [5, 5.41) is 2.87. The fraction of sp³-hybridized carbons (Fsp3) is 0.318. The van der Waals surface area contributed by atoms with Gasteiger partial charge >= 0.3 is 5.97 Å². The first-order chi connectivity index (χ1) is 13.1. The van der Waals surface area contributed by atoms with Gasteiger partial charge in [0, 0.05) is 5.56 Å². The van der Waals surface area contributed by atoms with Crippen LogP contribution in [0, 0.1) is 0 Å². The first kappa shape index (κ1) is 18.8. The molecule has 0 saturated heterocycles. The van der Waals surface area contributed by atoms with Crippen LogP contribution < -0.4 is 5.32 Å². The summed E-state index contributed by atoms with van der Waals surface area (Å²) in [4.78, 5) is 34.7. The number of esters is 1. The fourth-order valence-electron chi connectivity index (χ4n) is 3.30. The molecule has 0 heterocycles. The van der Waals surface area contributed by atoms with Gasteiger partial charge in [0.15, 0.2) is 6.61 Å². The van der Waals surface area contributed by atoms with Crippen LogP contribution in [0.15, 0.2) is 42.5 Å². The van der Waals surface area contributed by atoms with Gasteiger partial charge in [0.05, 0.1) is 11.6 Å².